The Morgan fingerprint density at radius 3 is 1.33 bits per heavy atom. The van der Waals surface area contributed by atoms with Gasteiger partial charge < -0.3 is 0 Å². The van der Waals surface area contributed by atoms with Crippen LogP contribution in [0.4, 0.5) is 0 Å². The fourth-order valence-electron chi connectivity index (χ4n) is 4.15. The van der Waals surface area contributed by atoms with Crippen molar-refractivity contribution in [1.82, 2.24) is 9.80 Å². The minimum Gasteiger partial charge on any atom is -0.299 e. The Labute approximate surface area is 186 Å². The Kier molecular flexibility index (Phi) is 11.8. The van der Waals surface area contributed by atoms with Gasteiger partial charge in [0.05, 0.1) is 0 Å². The lowest BCUT2D eigenvalue weighted by molar-refractivity contribution is 0.261. The van der Waals surface area contributed by atoms with Crippen LogP contribution in [0.2, 0.25) is 0 Å². The van der Waals surface area contributed by atoms with Gasteiger partial charge in [-0.3, -0.25) is 9.80 Å². The van der Waals surface area contributed by atoms with Crippen LogP contribution in [0.3, 0.4) is 0 Å². The van der Waals surface area contributed by atoms with Gasteiger partial charge in [-0.05, 0) is 86.2 Å². The number of hydrogen-bond acceptors (Lipinski definition) is 2. The van der Waals surface area contributed by atoms with E-state index in [0.717, 1.165) is 13.1 Å². The maximum Gasteiger partial charge on any atom is 0.0233 e. The summed E-state index contributed by atoms with van der Waals surface area (Å²) < 4.78 is 0. The normalized spacial score (nSPS) is 11.5. The van der Waals surface area contributed by atoms with Gasteiger partial charge in [0.2, 0.25) is 0 Å². The standard InChI is InChI=1S/C28H44N2/c1-5-9-19-29(17-7-3)23-25-13-11-15-27(21-25)28-16-12-14-26(22-28)24-30(18-8-4)20-10-6-2/h11-16,21-22H,5-10,17-20,23-24H2,1-4H3. The van der Waals surface area contributed by atoms with Gasteiger partial charge in [0, 0.05) is 13.1 Å². The van der Waals surface area contributed by atoms with Crippen LogP contribution in [0.1, 0.15) is 77.3 Å². The van der Waals surface area contributed by atoms with E-state index < -0.39 is 0 Å². The van der Waals surface area contributed by atoms with Crippen molar-refractivity contribution < 1.29 is 0 Å². The molecule has 0 bridgehead atoms. The summed E-state index contributed by atoms with van der Waals surface area (Å²) in [5.74, 6) is 0. The highest BCUT2D eigenvalue weighted by molar-refractivity contribution is 5.65. The summed E-state index contributed by atoms with van der Waals surface area (Å²) in [5.41, 5.74) is 5.55. The van der Waals surface area contributed by atoms with Crippen LogP contribution < -0.4 is 0 Å². The molecule has 2 aromatic carbocycles. The van der Waals surface area contributed by atoms with Crippen LogP contribution >= 0.6 is 0 Å². The van der Waals surface area contributed by atoms with Crippen molar-refractivity contribution in [3.8, 4) is 11.1 Å². The molecule has 0 aliphatic heterocycles. The summed E-state index contributed by atoms with van der Waals surface area (Å²) in [6.45, 7) is 16.0. The quantitative estimate of drug-likeness (QED) is 0.303. The van der Waals surface area contributed by atoms with Gasteiger partial charge in [-0.2, -0.15) is 0 Å². The summed E-state index contributed by atoms with van der Waals surface area (Å²) in [6.07, 6.45) is 7.54. The Hall–Kier alpha value is -1.64. The van der Waals surface area contributed by atoms with Crippen molar-refractivity contribution >= 4 is 0 Å². The molecule has 30 heavy (non-hydrogen) atoms. The predicted octanol–water partition coefficient (Wildman–Crippen LogP) is 7.38. The summed E-state index contributed by atoms with van der Waals surface area (Å²) in [6, 6.07) is 18.4. The second-order valence-corrected chi connectivity index (χ2v) is 8.66. The lowest BCUT2D eigenvalue weighted by Gasteiger charge is -2.22. The Morgan fingerprint density at radius 2 is 0.967 bits per heavy atom. The third kappa shape index (κ3) is 8.62. The number of nitrogens with zero attached hydrogens (tertiary/aromatic N) is 2. The van der Waals surface area contributed by atoms with Gasteiger partial charge in [-0.15, -0.1) is 0 Å². The number of rotatable bonds is 15. The number of unbranched alkanes of at least 4 members (excludes halogenated alkanes) is 2. The SMILES string of the molecule is CCCCN(CCC)Cc1cccc(-c2cccc(CN(CCC)CCCC)c2)c1. The fraction of sp³-hybridized carbons (Fsp3) is 0.571. The van der Waals surface area contributed by atoms with Crippen molar-refractivity contribution in [2.75, 3.05) is 26.2 Å². The minimum absolute atomic E-state index is 1.06. The van der Waals surface area contributed by atoms with Gasteiger partial charge in [-0.1, -0.05) is 76.9 Å². The first-order valence-electron chi connectivity index (χ1n) is 12.3. The highest BCUT2D eigenvalue weighted by Crippen LogP contribution is 2.23. The van der Waals surface area contributed by atoms with Gasteiger partial charge in [-0.25, -0.2) is 0 Å². The summed E-state index contributed by atoms with van der Waals surface area (Å²) in [7, 11) is 0. The molecule has 0 fully saturated rings. The third-order valence-electron chi connectivity index (χ3n) is 5.74. The molecule has 0 unspecified atom stereocenters. The molecule has 0 radical (unpaired) electrons. The number of benzene rings is 2. The molecular formula is C28H44N2. The van der Waals surface area contributed by atoms with E-state index in [1.54, 1.807) is 0 Å². The minimum atomic E-state index is 1.06. The topological polar surface area (TPSA) is 6.48 Å². The van der Waals surface area contributed by atoms with E-state index in [2.05, 4.69) is 86.0 Å². The second-order valence-electron chi connectivity index (χ2n) is 8.66. The highest BCUT2D eigenvalue weighted by Gasteiger charge is 2.08. The lowest BCUT2D eigenvalue weighted by Crippen LogP contribution is -2.25. The molecule has 0 aliphatic rings. The second kappa shape index (κ2) is 14.4. The van der Waals surface area contributed by atoms with Crippen LogP contribution in [0, 0.1) is 0 Å². The van der Waals surface area contributed by atoms with E-state index in [1.165, 1.54) is 87.0 Å². The molecule has 0 aliphatic carbocycles. The average molecular weight is 409 g/mol. The smallest absolute Gasteiger partial charge is 0.0233 e. The summed E-state index contributed by atoms with van der Waals surface area (Å²) >= 11 is 0. The molecule has 0 atom stereocenters. The van der Waals surface area contributed by atoms with E-state index in [0.29, 0.717) is 0 Å². The van der Waals surface area contributed by atoms with Gasteiger partial charge in [0.1, 0.15) is 0 Å². The van der Waals surface area contributed by atoms with Crippen molar-refractivity contribution in [3.05, 3.63) is 59.7 Å². The maximum absolute atomic E-state index is 2.61. The molecule has 2 aromatic rings. The zero-order chi connectivity index (χ0) is 21.6. The first-order valence-corrected chi connectivity index (χ1v) is 12.3. The van der Waals surface area contributed by atoms with Crippen molar-refractivity contribution in [2.24, 2.45) is 0 Å². The van der Waals surface area contributed by atoms with Crippen molar-refractivity contribution in [1.29, 1.82) is 0 Å². The van der Waals surface area contributed by atoms with Crippen molar-refractivity contribution in [3.63, 3.8) is 0 Å². The van der Waals surface area contributed by atoms with Crippen LogP contribution in [-0.4, -0.2) is 36.0 Å². The molecule has 0 N–H and O–H groups in total. The first-order chi connectivity index (χ1) is 14.7. The van der Waals surface area contributed by atoms with Crippen molar-refractivity contribution in [2.45, 2.75) is 79.3 Å². The molecule has 2 rings (SSSR count). The van der Waals surface area contributed by atoms with Crippen LogP contribution in [0.15, 0.2) is 48.5 Å². The molecule has 0 amide bonds. The molecule has 0 saturated carbocycles. The van der Waals surface area contributed by atoms with E-state index in [1.807, 2.05) is 0 Å². The van der Waals surface area contributed by atoms with E-state index in [9.17, 15) is 0 Å². The zero-order valence-corrected chi connectivity index (χ0v) is 20.0. The zero-order valence-electron chi connectivity index (χ0n) is 20.0. The average Bonchev–Trinajstić information content (AvgIpc) is 2.76. The molecule has 2 heteroatoms. The van der Waals surface area contributed by atoms with Crippen LogP contribution in [0.5, 0.6) is 0 Å². The molecule has 0 heterocycles. The van der Waals surface area contributed by atoms with E-state index in [4.69, 9.17) is 0 Å². The lowest BCUT2D eigenvalue weighted by atomic mass is 10.0. The molecule has 2 nitrogen and oxygen atoms in total. The Morgan fingerprint density at radius 1 is 0.533 bits per heavy atom. The molecule has 166 valence electrons. The predicted molar refractivity (Wildman–Crippen MR) is 133 cm³/mol. The molecule has 0 saturated heterocycles. The molecule has 0 spiro atoms. The maximum atomic E-state index is 2.61. The number of hydrogen-bond donors (Lipinski definition) is 0. The van der Waals surface area contributed by atoms with Crippen LogP contribution in [-0.2, 0) is 13.1 Å². The highest BCUT2D eigenvalue weighted by atomic mass is 15.1. The Balaban J connectivity index is 2.11. The fourth-order valence-corrected chi connectivity index (χ4v) is 4.15. The van der Waals surface area contributed by atoms with E-state index in [-0.39, 0.29) is 0 Å². The van der Waals surface area contributed by atoms with Gasteiger partial charge in [0.15, 0.2) is 0 Å². The summed E-state index contributed by atoms with van der Waals surface area (Å²) in [5, 5.41) is 0. The van der Waals surface area contributed by atoms with Crippen LogP contribution in [0.25, 0.3) is 11.1 Å². The van der Waals surface area contributed by atoms with Gasteiger partial charge in [0.25, 0.3) is 0 Å². The van der Waals surface area contributed by atoms with Gasteiger partial charge >= 0.3 is 0 Å². The Bertz CT molecular complexity index is 648. The summed E-state index contributed by atoms with van der Waals surface area (Å²) in [4.78, 5) is 5.21. The molecular weight excluding hydrogens is 364 g/mol. The molecule has 0 aromatic heterocycles. The first kappa shape index (κ1) is 24.6. The van der Waals surface area contributed by atoms with E-state index >= 15 is 0 Å². The monoisotopic (exact) mass is 408 g/mol. The third-order valence-corrected chi connectivity index (χ3v) is 5.74. The largest absolute Gasteiger partial charge is 0.299 e.